The standard InChI is InChI=1S/C30H29B6F3O9S.2C10H11BO6S.3C10H11BO5S/c31-8-15-1-18(10-33)24(12-35)22(3-15)28(41)46-20-5-17(27(40)48-26(30(37,38)39)14-49(43,44)45)6-21(7-20)47-29(42)23-4-16(9-32)2-19(11-34)25(23)13-36;11-6-7-1-2-9(12)8(5-7)10(13)17-3-4-18(14,15)16;11-6-7-1-2-8(9(12)5-7)10(13)17-3-4-18(14,15)16;11-7-8-1-3-9(4-2-8)10(12)16-5-6-17(13,14)15;11-7-8-2-1-3-9(6-8)10(12)16-4-5-17(13,14)15;11-7-8-3-1-2-4-9(8)10(12)16-5-6-17(13,14)15/h1-4,17,20-21,26H,5-14H2,(H,43,44,45);2*1-2,5,12H,3-4,6H2,(H,14,15,16);1-4H,5-7H2,(H,13,14,15);1-3,6H,4-5,7H2,(H,13,14,15);1-4H,5-7H2,(H,13,14,15)/p-6. The molecule has 22 radical (unpaired) electrons. The predicted octanol–water partition coefficient (Wildman–Crippen LogP) is 0.965. The van der Waals surface area contributed by atoms with Crippen LogP contribution in [0.4, 0.5) is 13.2 Å². The normalized spacial score (nSPS) is 13.9. The van der Waals surface area contributed by atoms with Gasteiger partial charge in [0.1, 0.15) is 67.9 Å². The largest absolute Gasteiger partial charge is 0.748 e. The predicted molar refractivity (Wildman–Crippen MR) is 483 cm³/mol. The Kier molecular flexibility index (Phi) is 50.6. The zero-order chi connectivity index (χ0) is 103. The molecule has 1 saturated carbocycles. The number of rotatable bonds is 39. The van der Waals surface area contributed by atoms with Crippen LogP contribution in [-0.2, 0) is 173 Å². The van der Waals surface area contributed by atoms with Crippen LogP contribution < -0.4 is 0 Å². The van der Waals surface area contributed by atoms with Crippen LogP contribution in [0.25, 0.3) is 0 Å². The fraction of sp³-hybridized carbons (Fsp3) is 0.375. The van der Waals surface area contributed by atoms with Crippen molar-refractivity contribution in [3.8, 4) is 11.5 Å². The van der Waals surface area contributed by atoms with E-state index in [0.29, 0.717) is 56.4 Å². The minimum Gasteiger partial charge on any atom is -0.748 e. The molecule has 136 heavy (non-hydrogen) atoms. The lowest BCUT2D eigenvalue weighted by Gasteiger charge is -2.34. The highest BCUT2D eigenvalue weighted by Crippen LogP contribution is 2.35. The molecule has 1 aliphatic carbocycles. The molecule has 710 valence electrons. The van der Waals surface area contributed by atoms with Crippen molar-refractivity contribution in [2.24, 2.45) is 5.92 Å². The van der Waals surface area contributed by atoms with Crippen LogP contribution in [-0.4, -0.2) is 314 Å². The van der Waals surface area contributed by atoms with E-state index in [2.05, 4.69) is 28.4 Å². The van der Waals surface area contributed by atoms with E-state index in [-0.39, 0.29) is 120 Å². The van der Waals surface area contributed by atoms with Crippen molar-refractivity contribution in [1.82, 2.24) is 0 Å². The van der Waals surface area contributed by atoms with Gasteiger partial charge in [-0.3, -0.25) is 4.79 Å². The van der Waals surface area contributed by atoms with Crippen LogP contribution >= 0.6 is 0 Å². The number of carbonyl (C=O) groups excluding carboxylic acids is 8. The van der Waals surface area contributed by atoms with Crippen LogP contribution in [0.2, 0.25) is 0 Å². The van der Waals surface area contributed by atoms with E-state index in [0.717, 1.165) is 11.1 Å². The Morgan fingerprint density at radius 3 is 1.07 bits per heavy atom. The van der Waals surface area contributed by atoms with Gasteiger partial charge in [0.2, 0.25) is 6.10 Å². The highest BCUT2D eigenvalue weighted by Gasteiger charge is 2.47. The highest BCUT2D eigenvalue weighted by atomic mass is 32.2. The summed E-state index contributed by atoms with van der Waals surface area (Å²) >= 11 is 0. The fourth-order valence-corrected chi connectivity index (χ4v) is 13.6. The minimum atomic E-state index is -5.48. The summed E-state index contributed by atoms with van der Waals surface area (Å²) in [6.07, 6.45) is -11.1. The summed E-state index contributed by atoms with van der Waals surface area (Å²) in [6, 6.07) is 33.9. The lowest BCUT2D eigenvalue weighted by atomic mass is 9.81. The lowest BCUT2D eigenvalue weighted by molar-refractivity contribution is -0.219. The second kappa shape index (κ2) is 57.3. The third-order valence-corrected chi connectivity index (χ3v) is 22.2. The third-order valence-electron chi connectivity index (χ3n) is 18.2. The Morgan fingerprint density at radius 2 is 0.691 bits per heavy atom. The maximum Gasteiger partial charge on any atom is 0.426 e. The second-order valence-corrected chi connectivity index (χ2v) is 37.3. The molecule has 0 spiro atoms. The van der Waals surface area contributed by atoms with Crippen LogP contribution in [0, 0.1) is 5.92 Å². The van der Waals surface area contributed by atoms with E-state index in [4.69, 9.17) is 95.8 Å². The van der Waals surface area contributed by atoms with E-state index in [1.54, 1.807) is 60.7 Å². The van der Waals surface area contributed by atoms with E-state index in [1.165, 1.54) is 72.8 Å². The van der Waals surface area contributed by atoms with Crippen molar-refractivity contribution in [3.05, 3.63) is 234 Å². The Balaban J connectivity index is 0.000000455. The molecule has 56 heteroatoms. The molecule has 2 N–H and O–H groups in total. The summed E-state index contributed by atoms with van der Waals surface area (Å²) in [7, 11) is 34.4. The SMILES string of the molecule is [B]Cc1cc(C[B])c(C[B])c(C(=O)OC2CC(OC(=O)c3cc(C[B])cc(C[B])c3C[B])CC(C(=O)OC(CS(=O)(=O)[O-])C(F)(F)F)C2)c1.[B]Cc1ccc(C(=O)OCCS(=O)(=O)[O-])c(O)c1.[B]Cc1ccc(C(=O)OCCS(=O)(=O)[O-])cc1.[B]Cc1ccc(O)c(C(=O)OCCS(=O)(=O)[O-])c1.[B]Cc1cccc(C(=O)OCCS(=O)(=O)[O-])c1.[B]Cc1ccccc1C(=O)OCCS(=O)(=O)[O-]. The number of hydrogen-bond acceptors (Lipinski definition) is 36. The molecule has 8 rings (SSSR count). The minimum absolute atomic E-state index is 0.0114. The third kappa shape index (κ3) is 45.4. The maximum atomic E-state index is 13.6. The van der Waals surface area contributed by atoms with Gasteiger partial charge in [0, 0.05) is 6.42 Å². The smallest absolute Gasteiger partial charge is 0.426 e. The molecule has 3 unspecified atom stereocenters. The quantitative estimate of drug-likeness (QED) is 0.0234. The average Bonchev–Trinajstić information content (AvgIpc) is 0.801. The lowest BCUT2D eigenvalue weighted by Crippen LogP contribution is -2.44. The van der Waals surface area contributed by atoms with Crippen molar-refractivity contribution in [1.29, 1.82) is 0 Å². The average molecular weight is 1980 g/mol. The second-order valence-electron chi connectivity index (χ2n) is 28.2. The van der Waals surface area contributed by atoms with E-state index in [9.17, 15) is 140 Å². The molecule has 0 heterocycles. The van der Waals surface area contributed by atoms with Gasteiger partial charge >= 0.3 is 53.9 Å². The number of carbonyl (C=O) groups is 8. The summed E-state index contributed by atoms with van der Waals surface area (Å²) in [6.45, 7) is -2.45. The van der Waals surface area contributed by atoms with Gasteiger partial charge in [0.25, 0.3) is 0 Å². The monoisotopic (exact) mass is 1980 g/mol. The fourth-order valence-electron chi connectivity index (χ4n) is 11.5. The Labute approximate surface area is 798 Å². The Hall–Kier alpha value is -10.1. The van der Waals surface area contributed by atoms with Crippen LogP contribution in [0.3, 0.4) is 0 Å². The van der Waals surface area contributed by atoms with Crippen LogP contribution in [0.1, 0.15) is 153 Å². The van der Waals surface area contributed by atoms with Gasteiger partial charge in [-0.1, -0.05) is 181 Å². The van der Waals surface area contributed by atoms with Gasteiger partial charge in [-0.05, 0) is 96.3 Å². The first-order valence-electron chi connectivity index (χ1n) is 39.5. The molecule has 0 aliphatic heterocycles. The van der Waals surface area contributed by atoms with Crippen molar-refractivity contribution < 1.29 is 177 Å². The number of aromatic hydroxyl groups is 2. The number of esters is 8. The molecular weight excluding hydrogens is 1910 g/mol. The van der Waals surface area contributed by atoms with Gasteiger partial charge in [0.15, 0.2) is 0 Å². The molecule has 3 atom stereocenters. The van der Waals surface area contributed by atoms with Crippen LogP contribution in [0.15, 0.2) is 133 Å². The number of benzene rings is 7. The number of ether oxygens (including phenoxy) is 8. The molecule has 1 aliphatic rings. The Bertz CT molecular complexity index is 5890. The van der Waals surface area contributed by atoms with Crippen molar-refractivity contribution in [3.63, 3.8) is 0 Å². The number of hydrogen-bond donors (Lipinski definition) is 2. The first-order valence-corrected chi connectivity index (χ1v) is 48.9. The Morgan fingerprint density at radius 1 is 0.331 bits per heavy atom. The summed E-state index contributed by atoms with van der Waals surface area (Å²) in [5, 5.41) is 19.0. The molecule has 1 fully saturated rings. The molecule has 7 aromatic carbocycles. The molecule has 0 saturated heterocycles. The van der Waals surface area contributed by atoms with Gasteiger partial charge in [-0.15, -0.1) is 0 Å². The number of phenols is 2. The summed E-state index contributed by atoms with van der Waals surface area (Å²) in [5.74, 6) is -15.2. The summed E-state index contributed by atoms with van der Waals surface area (Å²) in [4.78, 5) is 97.3. The number of phenolic OH excluding ortho intramolecular Hbond substituents is 2. The van der Waals surface area contributed by atoms with Crippen molar-refractivity contribution >= 4 is 195 Å². The zero-order valence-electron chi connectivity index (χ0n) is 71.9. The molecule has 0 aromatic heterocycles. The van der Waals surface area contributed by atoms with Crippen molar-refractivity contribution in [2.45, 2.75) is 113 Å². The highest BCUT2D eigenvalue weighted by molar-refractivity contribution is 7.86. The van der Waals surface area contributed by atoms with E-state index in [1.807, 2.05) is 0 Å². The summed E-state index contributed by atoms with van der Waals surface area (Å²) in [5.41, 5.74) is 6.90. The van der Waals surface area contributed by atoms with E-state index >= 15 is 0 Å². The molecular formula is C80H78B11F3O36S6-6. The number of halogens is 3. The maximum absolute atomic E-state index is 13.6. The molecule has 0 bridgehead atoms. The summed E-state index contributed by atoms with van der Waals surface area (Å²) < 4.78 is 267. The molecule has 36 nitrogen and oxygen atoms in total. The van der Waals surface area contributed by atoms with Gasteiger partial charge < -0.3 is 75.4 Å². The first kappa shape index (κ1) is 120. The van der Waals surface area contributed by atoms with Crippen LogP contribution in [0.5, 0.6) is 11.5 Å². The molecule has 0 amide bonds. The van der Waals surface area contributed by atoms with E-state index < -0.39 is 219 Å². The van der Waals surface area contributed by atoms with Gasteiger partial charge in [0.05, 0.1) is 215 Å². The first-order chi connectivity index (χ1) is 63.4. The van der Waals surface area contributed by atoms with Gasteiger partial charge in [-0.25, -0.2) is 84.1 Å². The topological polar surface area (TPSA) is 594 Å². The zero-order valence-corrected chi connectivity index (χ0v) is 76.8. The number of alkyl halides is 3. The molecule has 7 aromatic rings. The van der Waals surface area contributed by atoms with Crippen molar-refractivity contribution in [2.75, 3.05) is 67.6 Å². The van der Waals surface area contributed by atoms with Gasteiger partial charge in [-0.2, -0.15) is 13.2 Å².